The molecular formula is C23H30F3NO5P+. The first kappa shape index (κ1) is 27.1. The lowest BCUT2D eigenvalue weighted by atomic mass is 9.93. The van der Waals surface area contributed by atoms with Crippen molar-refractivity contribution in [3.05, 3.63) is 58.7 Å². The zero-order valence-corrected chi connectivity index (χ0v) is 19.7. The second-order valence-corrected chi connectivity index (χ2v) is 8.43. The number of halogens is 3. The molecule has 0 radical (unpaired) electrons. The highest BCUT2D eigenvalue weighted by Crippen LogP contribution is 2.37. The molecule has 182 valence electrons. The summed E-state index contributed by atoms with van der Waals surface area (Å²) in [5.41, 5.74) is 6.38. The second kappa shape index (κ2) is 12.3. The van der Waals surface area contributed by atoms with E-state index in [1.54, 1.807) is 13.2 Å². The third-order valence-corrected chi connectivity index (χ3v) is 5.58. The van der Waals surface area contributed by atoms with Gasteiger partial charge in [0.25, 0.3) is 0 Å². The summed E-state index contributed by atoms with van der Waals surface area (Å²) in [4.78, 5) is 0. The average Bonchev–Trinajstić information content (AvgIpc) is 2.79. The third-order valence-electron chi connectivity index (χ3n) is 5.32. The van der Waals surface area contributed by atoms with E-state index in [9.17, 15) is 22.8 Å². The van der Waals surface area contributed by atoms with Crippen LogP contribution in [0.2, 0.25) is 0 Å². The number of nitrogens with two attached hydrogens (primary N) is 1. The van der Waals surface area contributed by atoms with Crippen LogP contribution >= 0.6 is 8.69 Å². The normalized spacial score (nSPS) is 13.7. The molecule has 2 aromatic rings. The van der Waals surface area contributed by atoms with Gasteiger partial charge < -0.3 is 20.3 Å². The lowest BCUT2D eigenvalue weighted by Gasteiger charge is -2.24. The molecule has 0 aromatic heterocycles. The quantitative estimate of drug-likeness (QED) is 0.316. The van der Waals surface area contributed by atoms with Crippen LogP contribution in [0.3, 0.4) is 0 Å². The topological polar surface area (TPSA) is 91.0 Å². The van der Waals surface area contributed by atoms with Gasteiger partial charge in [0.2, 0.25) is 0 Å². The van der Waals surface area contributed by atoms with Crippen LogP contribution in [0, 0.1) is 6.92 Å². The molecule has 33 heavy (non-hydrogen) atoms. The lowest BCUT2D eigenvalue weighted by Crippen LogP contribution is -2.47. The molecule has 2 rings (SSSR count). The summed E-state index contributed by atoms with van der Waals surface area (Å²) in [5.74, 6) is 0.559. The summed E-state index contributed by atoms with van der Waals surface area (Å²) < 4.78 is 66.8. The fraction of sp³-hybridized carbons (Fsp3) is 0.478. The monoisotopic (exact) mass is 488 g/mol. The molecule has 0 heterocycles. The molecule has 2 unspecified atom stereocenters. The minimum absolute atomic E-state index is 0.136. The van der Waals surface area contributed by atoms with Gasteiger partial charge in [0.05, 0.1) is 31.4 Å². The van der Waals surface area contributed by atoms with Gasteiger partial charge in [-0.2, -0.15) is 13.2 Å². The highest BCUT2D eigenvalue weighted by Gasteiger charge is 2.35. The van der Waals surface area contributed by atoms with E-state index in [2.05, 4.69) is 0 Å². The maximum Gasteiger partial charge on any atom is 0.494 e. The van der Waals surface area contributed by atoms with Gasteiger partial charge in [-0.05, 0) is 72.1 Å². The number of ether oxygens (including phenoxy) is 2. The van der Waals surface area contributed by atoms with Crippen LogP contribution in [0.5, 0.6) is 11.5 Å². The number of rotatable bonds is 13. The Morgan fingerprint density at radius 1 is 1.06 bits per heavy atom. The Morgan fingerprint density at radius 3 is 2.30 bits per heavy atom. The molecule has 3 N–H and O–H groups in total. The second-order valence-electron chi connectivity index (χ2n) is 7.98. The van der Waals surface area contributed by atoms with E-state index in [4.69, 9.17) is 19.7 Å². The Kier molecular flexibility index (Phi) is 10.1. The van der Waals surface area contributed by atoms with Crippen molar-refractivity contribution >= 4 is 8.69 Å². The first-order chi connectivity index (χ1) is 15.6. The molecule has 0 spiro atoms. The van der Waals surface area contributed by atoms with Gasteiger partial charge in [-0.15, -0.1) is 4.52 Å². The van der Waals surface area contributed by atoms with Crippen molar-refractivity contribution in [2.24, 2.45) is 5.73 Å². The van der Waals surface area contributed by atoms with Crippen LogP contribution < -0.4 is 15.2 Å². The van der Waals surface area contributed by atoms with E-state index in [1.807, 2.05) is 25.1 Å². The van der Waals surface area contributed by atoms with E-state index in [0.29, 0.717) is 18.4 Å². The first-order valence-corrected chi connectivity index (χ1v) is 11.3. The standard InChI is InChI=1S/C23H30F3NO5P/c1-16-12-17(5-7-20(16)30-2)4-3-11-31-21-8-6-18(13-19(21)23(24,25)26)9-10-22(27,14-28)15-32-33-29/h5-8,12-13,28,33H,3-4,9-11,14-15,27H2,1-2H3/q+1. The molecule has 10 heteroatoms. The van der Waals surface area contributed by atoms with Gasteiger partial charge in [0.15, 0.2) is 0 Å². The smallest absolute Gasteiger partial charge is 0.494 e. The van der Waals surface area contributed by atoms with Gasteiger partial charge in [-0.25, -0.2) is 0 Å². The predicted molar refractivity (Wildman–Crippen MR) is 120 cm³/mol. The van der Waals surface area contributed by atoms with Crippen molar-refractivity contribution in [2.75, 3.05) is 26.9 Å². The first-order valence-electron chi connectivity index (χ1n) is 10.5. The number of alkyl halides is 3. The fourth-order valence-electron chi connectivity index (χ4n) is 3.40. The van der Waals surface area contributed by atoms with Crippen LogP contribution in [0.1, 0.15) is 35.1 Å². The van der Waals surface area contributed by atoms with Gasteiger partial charge >= 0.3 is 14.9 Å². The molecular weight excluding hydrogens is 458 g/mol. The molecule has 2 aromatic carbocycles. The molecule has 0 saturated heterocycles. The molecule has 0 aliphatic rings. The van der Waals surface area contributed by atoms with Gasteiger partial charge in [-0.3, -0.25) is 0 Å². The Hall–Kier alpha value is -2.19. The zero-order chi connectivity index (χ0) is 24.5. The van der Waals surface area contributed by atoms with E-state index < -0.39 is 32.6 Å². The third kappa shape index (κ3) is 8.27. The number of methoxy groups -OCH3 is 1. The maximum atomic E-state index is 13.6. The zero-order valence-electron chi connectivity index (χ0n) is 18.7. The number of aliphatic hydroxyl groups excluding tert-OH is 1. The summed E-state index contributed by atoms with van der Waals surface area (Å²) in [5, 5.41) is 9.45. The van der Waals surface area contributed by atoms with Crippen molar-refractivity contribution in [3.8, 4) is 11.5 Å². The number of aliphatic hydroxyl groups is 1. The largest absolute Gasteiger partial charge is 0.496 e. The van der Waals surface area contributed by atoms with Crippen molar-refractivity contribution in [2.45, 2.75) is 44.3 Å². The summed E-state index contributed by atoms with van der Waals surface area (Å²) in [6, 6.07) is 9.67. The maximum absolute atomic E-state index is 13.6. The van der Waals surface area contributed by atoms with Crippen LogP contribution in [0.4, 0.5) is 13.2 Å². The Morgan fingerprint density at radius 2 is 1.73 bits per heavy atom. The molecule has 0 saturated carbocycles. The molecule has 0 fully saturated rings. The summed E-state index contributed by atoms with van der Waals surface area (Å²) in [6.45, 7) is 1.46. The molecule has 0 aliphatic carbocycles. The van der Waals surface area contributed by atoms with Gasteiger partial charge in [0.1, 0.15) is 18.1 Å². The molecule has 2 atom stereocenters. The lowest BCUT2D eigenvalue weighted by molar-refractivity contribution is -0.139. The number of hydrogen-bond acceptors (Lipinski definition) is 6. The Balaban J connectivity index is 2.01. The number of aryl methyl sites for hydroxylation is 3. The average molecular weight is 488 g/mol. The van der Waals surface area contributed by atoms with Crippen molar-refractivity contribution < 1.29 is 36.8 Å². The molecule has 0 bridgehead atoms. The minimum atomic E-state index is -4.58. The van der Waals surface area contributed by atoms with Crippen molar-refractivity contribution in [1.29, 1.82) is 0 Å². The highest BCUT2D eigenvalue weighted by atomic mass is 31.1. The van der Waals surface area contributed by atoms with Crippen molar-refractivity contribution in [3.63, 3.8) is 0 Å². The molecule has 0 aliphatic heterocycles. The van der Waals surface area contributed by atoms with Crippen molar-refractivity contribution in [1.82, 2.24) is 0 Å². The van der Waals surface area contributed by atoms with Gasteiger partial charge in [-0.1, -0.05) is 18.2 Å². The Labute approximate surface area is 193 Å². The minimum Gasteiger partial charge on any atom is -0.496 e. The van der Waals surface area contributed by atoms with Crippen LogP contribution in [0.15, 0.2) is 36.4 Å². The highest BCUT2D eigenvalue weighted by molar-refractivity contribution is 7.17. The van der Waals surface area contributed by atoms with E-state index in [-0.39, 0.29) is 31.8 Å². The number of benzene rings is 2. The Bertz CT molecular complexity index is 925. The fourth-order valence-corrected chi connectivity index (χ4v) is 3.74. The van der Waals surface area contributed by atoms with E-state index in [0.717, 1.165) is 22.9 Å². The number of hydrogen-bond donors (Lipinski definition) is 2. The van der Waals surface area contributed by atoms with Crippen LogP contribution in [-0.4, -0.2) is 37.6 Å². The summed E-state index contributed by atoms with van der Waals surface area (Å²) in [6.07, 6.45) is -3.02. The van der Waals surface area contributed by atoms with E-state index in [1.165, 1.54) is 6.07 Å². The SMILES string of the molecule is COc1ccc(CCCOc2ccc(CCC(N)(CO)CO[PH+]=O)cc2C(F)(F)F)cc1C. The summed E-state index contributed by atoms with van der Waals surface area (Å²) >= 11 is 0. The van der Waals surface area contributed by atoms with Crippen LogP contribution in [0.25, 0.3) is 0 Å². The summed E-state index contributed by atoms with van der Waals surface area (Å²) in [7, 11) is 0.570. The van der Waals surface area contributed by atoms with Crippen LogP contribution in [-0.2, 0) is 28.1 Å². The predicted octanol–water partition coefficient (Wildman–Crippen LogP) is 4.61. The molecule has 6 nitrogen and oxygen atoms in total. The molecule has 0 amide bonds. The van der Waals surface area contributed by atoms with Gasteiger partial charge in [0, 0.05) is 0 Å². The van der Waals surface area contributed by atoms with E-state index >= 15 is 0 Å².